The lowest BCUT2D eigenvalue weighted by atomic mass is 10.0. The Morgan fingerprint density at radius 3 is 2.51 bits per heavy atom. The third kappa shape index (κ3) is 9.96. The van der Waals surface area contributed by atoms with E-state index in [1.807, 2.05) is 48.8 Å². The Labute approximate surface area is 385 Å². The average molecular weight is 928 g/mol. The number of sulfonamides is 1. The van der Waals surface area contributed by atoms with Crippen molar-refractivity contribution in [3.63, 3.8) is 0 Å². The summed E-state index contributed by atoms with van der Waals surface area (Å²) in [6, 6.07) is 12.4. The quantitative estimate of drug-likeness (QED) is 0.136. The summed E-state index contributed by atoms with van der Waals surface area (Å²) in [5.74, 6) is -2.36. The number of benzene rings is 2. The molecule has 0 bridgehead atoms. The number of hydrogen-bond acceptors (Lipinski definition) is 11. The highest BCUT2D eigenvalue weighted by atomic mass is 32.2. The SMILES string of the molecule is Cc1ccc(Cc2csc(-c3cccc4c3nc(O[C@@H]3C[C@H]5C(=O)N[C@]6(C(=O)NS(=O)(=O)C7(C)CC7)C[C@H]6C=CCCCCC[C@H](NC(=O)OC(C)(C)C)C(=O)N5C3)n4C(C)C)n2)cc1. The average Bonchev–Trinajstić information content (AvgIpc) is 3.92. The molecular formula is C48H61N7O8S2. The Kier molecular flexibility index (Phi) is 12.7. The number of imidazole rings is 1. The number of amides is 4. The van der Waals surface area contributed by atoms with Crippen molar-refractivity contribution >= 4 is 56.2 Å². The van der Waals surface area contributed by atoms with Gasteiger partial charge in [0.15, 0.2) is 0 Å². The summed E-state index contributed by atoms with van der Waals surface area (Å²) in [6.45, 7) is 12.9. The lowest BCUT2D eigenvalue weighted by Crippen LogP contribution is -2.58. The van der Waals surface area contributed by atoms with Gasteiger partial charge in [-0.05, 0) is 105 Å². The number of hydrogen-bond donors (Lipinski definition) is 3. The van der Waals surface area contributed by atoms with Crippen LogP contribution in [0.25, 0.3) is 21.6 Å². The van der Waals surface area contributed by atoms with Gasteiger partial charge in [0.25, 0.3) is 11.9 Å². The topological polar surface area (TPSA) is 191 Å². The zero-order valence-corrected chi connectivity index (χ0v) is 39.9. The molecule has 2 aromatic heterocycles. The number of ether oxygens (including phenoxy) is 2. The second-order valence-corrected chi connectivity index (χ2v) is 22.8. The van der Waals surface area contributed by atoms with Crippen molar-refractivity contribution in [3.8, 4) is 16.6 Å². The Bertz CT molecular complexity index is 2610. The standard InChI is InChI=1S/C48H61N7O8S2/c1-29(2)55-37-17-13-15-35(41-49-33(28-64-41)24-31-20-18-30(3)19-21-31)39(37)51-44(55)62-34-25-38-40(56)52-48(43(58)53-65(60,61)47(7)22-23-47)26-32(48)14-11-9-8-10-12-16-36(42(57)54(38)27-34)50-45(59)63-46(4,5)6/h11,13-15,17-21,28-29,32,34,36,38H,8-10,12,16,22-27H2,1-7H3,(H,50,59)(H,52,56)(H,53,58)/t32-,34-,36+,38+,48-/m1/s1. The van der Waals surface area contributed by atoms with E-state index in [1.165, 1.54) is 16.0 Å². The van der Waals surface area contributed by atoms with Crippen LogP contribution in [0, 0.1) is 12.8 Å². The molecule has 15 nitrogen and oxygen atoms in total. The van der Waals surface area contributed by atoms with Crippen molar-refractivity contribution < 1.29 is 37.1 Å². The van der Waals surface area contributed by atoms with E-state index in [-0.39, 0.29) is 25.4 Å². The molecule has 0 unspecified atom stereocenters. The summed E-state index contributed by atoms with van der Waals surface area (Å²) in [7, 11) is -4.01. The zero-order valence-electron chi connectivity index (χ0n) is 38.3. The van der Waals surface area contributed by atoms with Gasteiger partial charge in [-0.15, -0.1) is 11.3 Å². The number of fused-ring (bicyclic) bond motifs is 3. The van der Waals surface area contributed by atoms with E-state index in [4.69, 9.17) is 19.4 Å². The minimum Gasteiger partial charge on any atom is -0.459 e. The van der Waals surface area contributed by atoms with Crippen LogP contribution in [0.15, 0.2) is 60.0 Å². The maximum atomic E-state index is 14.8. The molecule has 5 atom stereocenters. The minimum absolute atomic E-state index is 0.0261. The highest BCUT2D eigenvalue weighted by molar-refractivity contribution is 7.91. The number of nitrogens with one attached hydrogen (secondary N) is 3. The summed E-state index contributed by atoms with van der Waals surface area (Å²) in [4.78, 5) is 68.2. The van der Waals surface area contributed by atoms with E-state index >= 15 is 0 Å². The molecule has 0 radical (unpaired) electrons. The maximum absolute atomic E-state index is 14.8. The van der Waals surface area contributed by atoms with Gasteiger partial charge in [-0.25, -0.2) is 18.2 Å². The number of nitrogens with zero attached hydrogens (tertiary/aromatic N) is 4. The number of thiazole rings is 1. The van der Waals surface area contributed by atoms with E-state index in [0.717, 1.165) is 34.6 Å². The van der Waals surface area contributed by atoms with Crippen LogP contribution in [0.4, 0.5) is 4.79 Å². The van der Waals surface area contributed by atoms with Gasteiger partial charge in [0.05, 0.1) is 22.5 Å². The predicted molar refractivity (Wildman–Crippen MR) is 249 cm³/mol. The number of carbonyl (C=O) groups is 4. The van der Waals surface area contributed by atoms with Crippen LogP contribution in [0.3, 0.4) is 0 Å². The second kappa shape index (κ2) is 17.8. The fraction of sp³-hybridized carbons (Fsp3) is 0.542. The molecule has 2 aromatic carbocycles. The molecule has 8 rings (SSSR count). The summed E-state index contributed by atoms with van der Waals surface area (Å²) < 4.78 is 42.2. The van der Waals surface area contributed by atoms with Gasteiger partial charge in [-0.3, -0.25) is 23.7 Å². The lowest BCUT2D eigenvalue weighted by Gasteiger charge is -2.30. The highest BCUT2D eigenvalue weighted by Crippen LogP contribution is 2.48. The number of allylic oxidation sites excluding steroid dienone is 1. The van der Waals surface area contributed by atoms with E-state index < -0.39 is 73.8 Å². The van der Waals surface area contributed by atoms with Gasteiger partial charge < -0.3 is 25.0 Å². The van der Waals surface area contributed by atoms with Crippen molar-refractivity contribution in [2.24, 2.45) is 5.92 Å². The summed E-state index contributed by atoms with van der Waals surface area (Å²) in [5, 5.41) is 8.61. The van der Waals surface area contributed by atoms with E-state index in [1.54, 1.807) is 39.0 Å². The molecule has 17 heteroatoms. The number of para-hydroxylation sites is 1. The third-order valence-corrected chi connectivity index (χ3v) is 16.0. The van der Waals surface area contributed by atoms with Crippen molar-refractivity contribution in [3.05, 3.63) is 76.8 Å². The molecule has 2 aliphatic carbocycles. The molecule has 0 spiro atoms. The smallest absolute Gasteiger partial charge is 0.408 e. The molecule has 3 N–H and O–H groups in total. The van der Waals surface area contributed by atoms with E-state index in [0.29, 0.717) is 50.1 Å². The van der Waals surface area contributed by atoms with Gasteiger partial charge in [0.1, 0.15) is 39.9 Å². The minimum atomic E-state index is -4.01. The monoisotopic (exact) mass is 927 g/mol. The molecule has 4 heterocycles. The summed E-state index contributed by atoms with van der Waals surface area (Å²) in [6.07, 6.45) is 7.30. The van der Waals surface area contributed by atoms with Crippen molar-refractivity contribution in [2.45, 2.75) is 153 Å². The van der Waals surface area contributed by atoms with Gasteiger partial charge in [-0.2, -0.15) is 4.98 Å². The van der Waals surface area contributed by atoms with Gasteiger partial charge in [-0.1, -0.05) is 60.9 Å². The molecule has 3 fully saturated rings. The Morgan fingerprint density at radius 2 is 1.80 bits per heavy atom. The fourth-order valence-electron chi connectivity index (χ4n) is 8.82. The molecule has 4 amide bonds. The zero-order chi connectivity index (χ0) is 46.5. The Hall–Kier alpha value is -5.29. The van der Waals surface area contributed by atoms with Gasteiger partial charge in [0, 0.05) is 35.7 Å². The van der Waals surface area contributed by atoms with Crippen LogP contribution in [-0.4, -0.2) is 92.3 Å². The number of aromatic nitrogens is 3. The van der Waals surface area contributed by atoms with Crippen LogP contribution in [0.1, 0.15) is 122 Å². The van der Waals surface area contributed by atoms with Crippen LogP contribution < -0.4 is 20.1 Å². The fourth-order valence-corrected chi connectivity index (χ4v) is 11.0. The number of rotatable bonds is 10. The predicted octanol–water partition coefficient (Wildman–Crippen LogP) is 7.28. The van der Waals surface area contributed by atoms with E-state index in [2.05, 4.69) is 51.9 Å². The number of carbonyl (C=O) groups excluding carboxylic acids is 4. The van der Waals surface area contributed by atoms with Crippen LogP contribution >= 0.6 is 11.3 Å². The van der Waals surface area contributed by atoms with Crippen molar-refractivity contribution in [1.29, 1.82) is 0 Å². The number of aryl methyl sites for hydroxylation is 1. The molecule has 4 aromatic rings. The maximum Gasteiger partial charge on any atom is 0.408 e. The first kappa shape index (κ1) is 46.2. The van der Waals surface area contributed by atoms with E-state index in [9.17, 15) is 27.6 Å². The summed E-state index contributed by atoms with van der Waals surface area (Å²) >= 11 is 1.55. The molecule has 65 heavy (non-hydrogen) atoms. The lowest BCUT2D eigenvalue weighted by molar-refractivity contribution is -0.141. The number of alkyl carbamates (subject to hydrolysis) is 1. The van der Waals surface area contributed by atoms with Crippen molar-refractivity contribution in [1.82, 2.24) is 34.8 Å². The third-order valence-electron chi connectivity index (χ3n) is 12.9. The highest BCUT2D eigenvalue weighted by Gasteiger charge is 2.63. The first-order valence-electron chi connectivity index (χ1n) is 22.8. The Morgan fingerprint density at radius 1 is 1.05 bits per heavy atom. The molecule has 348 valence electrons. The van der Waals surface area contributed by atoms with Crippen molar-refractivity contribution in [2.75, 3.05) is 6.54 Å². The van der Waals surface area contributed by atoms with Crippen LogP contribution in [0.5, 0.6) is 6.01 Å². The molecule has 2 aliphatic heterocycles. The second-order valence-electron chi connectivity index (χ2n) is 19.7. The normalized spacial score (nSPS) is 24.6. The van der Waals surface area contributed by atoms with Crippen LogP contribution in [0.2, 0.25) is 0 Å². The Balaban J connectivity index is 1.11. The largest absolute Gasteiger partial charge is 0.459 e. The summed E-state index contributed by atoms with van der Waals surface area (Å²) in [5.41, 5.74) is 3.36. The molecule has 4 aliphatic rings. The molecule has 1 saturated heterocycles. The first-order chi connectivity index (χ1) is 30.8. The van der Waals surface area contributed by atoms with Gasteiger partial charge >= 0.3 is 6.09 Å². The molecular weight excluding hydrogens is 867 g/mol. The molecule has 2 saturated carbocycles. The first-order valence-corrected chi connectivity index (χ1v) is 25.2. The van der Waals surface area contributed by atoms with Crippen LogP contribution in [-0.2, 0) is 35.6 Å². The van der Waals surface area contributed by atoms with Gasteiger partial charge in [0.2, 0.25) is 21.8 Å².